The molecule has 0 aliphatic carbocycles. The van der Waals surface area contributed by atoms with Gasteiger partial charge in [-0.1, -0.05) is 0 Å². The van der Waals surface area contributed by atoms with Crippen LogP contribution in [0.3, 0.4) is 0 Å². The molecule has 0 spiro atoms. The van der Waals surface area contributed by atoms with E-state index in [4.69, 9.17) is 4.84 Å². The van der Waals surface area contributed by atoms with E-state index in [9.17, 15) is 4.79 Å². The van der Waals surface area contributed by atoms with Gasteiger partial charge < -0.3 is 0 Å². The van der Waals surface area contributed by atoms with Crippen LogP contribution in [0.15, 0.2) is 18.6 Å². The fraction of sp³-hybridized carbons (Fsp3) is 0.375. The summed E-state index contributed by atoms with van der Waals surface area (Å²) in [7, 11) is 0. The lowest BCUT2D eigenvalue weighted by molar-refractivity contribution is -0.164. The summed E-state index contributed by atoms with van der Waals surface area (Å²) < 4.78 is 0. The van der Waals surface area contributed by atoms with E-state index in [-0.39, 0.29) is 5.91 Å². The number of hydrogen-bond acceptors (Lipinski definition) is 4. The van der Waals surface area contributed by atoms with Crippen LogP contribution in [0.4, 0.5) is 0 Å². The molecule has 0 N–H and O–H groups in total. The standard InChI is InChI=1S/C8H9N3O2/c12-8-2-4-13-11(8)5-7-1-3-9-6-10-7/h1,3,6H,2,4-5H2. The first-order valence-electron chi connectivity index (χ1n) is 4.04. The van der Waals surface area contributed by atoms with Gasteiger partial charge in [0.1, 0.15) is 6.33 Å². The van der Waals surface area contributed by atoms with E-state index in [1.165, 1.54) is 11.4 Å². The van der Waals surface area contributed by atoms with Crippen LogP contribution in [-0.2, 0) is 16.2 Å². The molecule has 5 nitrogen and oxygen atoms in total. The van der Waals surface area contributed by atoms with Crippen LogP contribution in [0.5, 0.6) is 0 Å². The smallest absolute Gasteiger partial charge is 0.248 e. The molecule has 0 aromatic carbocycles. The highest BCUT2D eigenvalue weighted by Gasteiger charge is 2.21. The van der Waals surface area contributed by atoms with Gasteiger partial charge in [0.15, 0.2) is 0 Å². The number of carbonyl (C=O) groups excluding carboxylic acids is 1. The minimum atomic E-state index is 0.0126. The Kier molecular flexibility index (Phi) is 2.18. The lowest BCUT2D eigenvalue weighted by Crippen LogP contribution is -2.23. The van der Waals surface area contributed by atoms with Gasteiger partial charge >= 0.3 is 0 Å². The first-order valence-corrected chi connectivity index (χ1v) is 4.04. The van der Waals surface area contributed by atoms with Gasteiger partial charge in [-0.05, 0) is 6.07 Å². The van der Waals surface area contributed by atoms with Gasteiger partial charge in [-0.2, -0.15) is 0 Å². The SMILES string of the molecule is O=C1CCON1Cc1ccncn1. The molecule has 1 fully saturated rings. The van der Waals surface area contributed by atoms with Crippen LogP contribution < -0.4 is 0 Å². The Labute approximate surface area is 75.3 Å². The highest BCUT2D eigenvalue weighted by molar-refractivity contribution is 5.76. The molecule has 0 bridgehead atoms. The van der Waals surface area contributed by atoms with Crippen LogP contribution in [0.1, 0.15) is 12.1 Å². The van der Waals surface area contributed by atoms with E-state index in [1.54, 1.807) is 12.3 Å². The topological polar surface area (TPSA) is 55.3 Å². The zero-order valence-corrected chi connectivity index (χ0v) is 7.01. The number of carbonyl (C=O) groups is 1. The molecule has 1 saturated heterocycles. The molecule has 0 unspecified atom stereocenters. The average Bonchev–Trinajstić information content (AvgIpc) is 2.54. The van der Waals surface area contributed by atoms with E-state index in [1.807, 2.05) is 0 Å². The summed E-state index contributed by atoms with van der Waals surface area (Å²) >= 11 is 0. The van der Waals surface area contributed by atoms with E-state index in [0.717, 1.165) is 5.69 Å². The normalized spacial score (nSPS) is 16.6. The third-order valence-electron chi connectivity index (χ3n) is 1.79. The Morgan fingerprint density at radius 3 is 3.15 bits per heavy atom. The van der Waals surface area contributed by atoms with Crippen LogP contribution in [0.25, 0.3) is 0 Å². The monoisotopic (exact) mass is 179 g/mol. The fourth-order valence-electron chi connectivity index (χ4n) is 1.13. The minimum Gasteiger partial charge on any atom is -0.272 e. The second-order valence-corrected chi connectivity index (χ2v) is 2.71. The van der Waals surface area contributed by atoms with Gasteiger partial charge in [-0.15, -0.1) is 0 Å². The van der Waals surface area contributed by atoms with Gasteiger partial charge in [0, 0.05) is 6.20 Å². The predicted molar refractivity (Wildman–Crippen MR) is 43.2 cm³/mol. The van der Waals surface area contributed by atoms with Crippen molar-refractivity contribution in [2.24, 2.45) is 0 Å². The highest BCUT2D eigenvalue weighted by Crippen LogP contribution is 2.09. The molecule has 0 atom stereocenters. The quantitative estimate of drug-likeness (QED) is 0.648. The average molecular weight is 179 g/mol. The molecule has 68 valence electrons. The summed E-state index contributed by atoms with van der Waals surface area (Å²) in [6.45, 7) is 0.880. The predicted octanol–water partition coefficient (Wildman–Crippen LogP) is 0.141. The molecule has 1 aliphatic heterocycles. The first kappa shape index (κ1) is 8.12. The van der Waals surface area contributed by atoms with Gasteiger partial charge in [0.05, 0.1) is 25.3 Å². The largest absolute Gasteiger partial charge is 0.272 e. The van der Waals surface area contributed by atoms with Crippen LogP contribution in [0.2, 0.25) is 0 Å². The molecule has 1 aromatic heterocycles. The molecule has 2 rings (SSSR count). The molecule has 0 saturated carbocycles. The van der Waals surface area contributed by atoms with Gasteiger partial charge in [0.2, 0.25) is 5.91 Å². The maximum absolute atomic E-state index is 11.1. The van der Waals surface area contributed by atoms with E-state index in [2.05, 4.69) is 9.97 Å². The summed E-state index contributed by atoms with van der Waals surface area (Å²) in [6, 6.07) is 1.76. The summed E-state index contributed by atoms with van der Waals surface area (Å²) in [4.78, 5) is 24.0. The number of hydrogen-bond donors (Lipinski definition) is 0. The van der Waals surface area contributed by atoms with Gasteiger partial charge in [0.25, 0.3) is 0 Å². The molecular weight excluding hydrogens is 170 g/mol. The van der Waals surface area contributed by atoms with E-state index in [0.29, 0.717) is 19.6 Å². The van der Waals surface area contributed by atoms with Crippen LogP contribution >= 0.6 is 0 Å². The molecular formula is C8H9N3O2. The van der Waals surface area contributed by atoms with E-state index < -0.39 is 0 Å². The van der Waals surface area contributed by atoms with Gasteiger partial charge in [-0.25, -0.2) is 15.0 Å². The third kappa shape index (κ3) is 1.81. The van der Waals surface area contributed by atoms with E-state index >= 15 is 0 Å². The number of aromatic nitrogens is 2. The Hall–Kier alpha value is -1.49. The molecule has 1 aliphatic rings. The van der Waals surface area contributed by atoms with Crippen molar-refractivity contribution in [2.75, 3.05) is 6.61 Å². The zero-order chi connectivity index (χ0) is 9.10. The summed E-state index contributed by atoms with van der Waals surface area (Å²) in [5.74, 6) is 0.0126. The maximum Gasteiger partial charge on any atom is 0.248 e. The van der Waals surface area contributed by atoms with Crippen molar-refractivity contribution >= 4 is 5.91 Å². The summed E-state index contributed by atoms with van der Waals surface area (Å²) in [6.07, 6.45) is 3.56. The van der Waals surface area contributed by atoms with Crippen molar-refractivity contribution in [1.29, 1.82) is 0 Å². The maximum atomic E-state index is 11.1. The number of rotatable bonds is 2. The highest BCUT2D eigenvalue weighted by atomic mass is 16.7. The molecule has 13 heavy (non-hydrogen) atoms. The third-order valence-corrected chi connectivity index (χ3v) is 1.79. The molecule has 2 heterocycles. The molecule has 0 radical (unpaired) electrons. The molecule has 5 heteroatoms. The zero-order valence-electron chi connectivity index (χ0n) is 7.01. The number of nitrogens with zero attached hydrogens (tertiary/aromatic N) is 3. The van der Waals surface area contributed by atoms with Crippen molar-refractivity contribution < 1.29 is 9.63 Å². The van der Waals surface area contributed by atoms with Crippen molar-refractivity contribution in [2.45, 2.75) is 13.0 Å². The lowest BCUT2D eigenvalue weighted by atomic mass is 10.4. The van der Waals surface area contributed by atoms with Crippen molar-refractivity contribution in [3.63, 3.8) is 0 Å². The lowest BCUT2D eigenvalue weighted by Gasteiger charge is -2.12. The van der Waals surface area contributed by atoms with Crippen LogP contribution in [0, 0.1) is 0 Å². The van der Waals surface area contributed by atoms with Crippen molar-refractivity contribution in [3.05, 3.63) is 24.3 Å². The second kappa shape index (κ2) is 3.49. The Bertz CT molecular complexity index is 302. The Morgan fingerprint density at radius 2 is 2.54 bits per heavy atom. The Morgan fingerprint density at radius 1 is 1.62 bits per heavy atom. The summed E-state index contributed by atoms with van der Waals surface area (Å²) in [5.41, 5.74) is 0.783. The first-order chi connectivity index (χ1) is 6.36. The fourth-order valence-corrected chi connectivity index (χ4v) is 1.13. The summed E-state index contributed by atoms with van der Waals surface area (Å²) in [5, 5.41) is 1.34. The van der Waals surface area contributed by atoms with Crippen LogP contribution in [-0.4, -0.2) is 27.5 Å². The van der Waals surface area contributed by atoms with Crippen molar-refractivity contribution in [3.8, 4) is 0 Å². The molecule has 1 amide bonds. The Balaban J connectivity index is 2.02. The second-order valence-electron chi connectivity index (χ2n) is 2.71. The van der Waals surface area contributed by atoms with Gasteiger partial charge in [-0.3, -0.25) is 9.63 Å². The minimum absolute atomic E-state index is 0.0126. The number of amides is 1. The molecule has 1 aromatic rings. The van der Waals surface area contributed by atoms with Crippen molar-refractivity contribution in [1.82, 2.24) is 15.0 Å². The number of hydroxylamine groups is 2.